The summed E-state index contributed by atoms with van der Waals surface area (Å²) < 4.78 is 32.9. The molecule has 0 aliphatic carbocycles. The lowest BCUT2D eigenvalue weighted by Crippen LogP contribution is -2.27. The highest BCUT2D eigenvalue weighted by atomic mass is 19.1. The Labute approximate surface area is 183 Å². The van der Waals surface area contributed by atoms with Gasteiger partial charge in [0.2, 0.25) is 0 Å². The maximum absolute atomic E-state index is 14.5. The van der Waals surface area contributed by atoms with E-state index in [2.05, 4.69) is 0 Å². The van der Waals surface area contributed by atoms with E-state index in [0.29, 0.717) is 52.2 Å². The molecule has 3 aromatic carbocycles. The van der Waals surface area contributed by atoms with Gasteiger partial charge in [-0.3, -0.25) is 0 Å². The molecule has 0 saturated heterocycles. The summed E-state index contributed by atoms with van der Waals surface area (Å²) in [5.41, 5.74) is 4.07. The Bertz CT molecular complexity index is 1340. The van der Waals surface area contributed by atoms with Gasteiger partial charge in [0.1, 0.15) is 17.3 Å². The quantitative estimate of drug-likeness (QED) is 0.404. The Hall–Kier alpha value is -3.87. The molecular weight excluding hydrogens is 412 g/mol. The molecule has 4 aromatic rings. The Morgan fingerprint density at radius 2 is 1.81 bits per heavy atom. The fourth-order valence-corrected chi connectivity index (χ4v) is 4.08. The van der Waals surface area contributed by atoms with E-state index >= 15 is 0 Å². The minimum atomic E-state index is -0.469. The second-order valence-electron chi connectivity index (χ2n) is 7.59. The molecule has 0 spiro atoms. The van der Waals surface area contributed by atoms with Crippen molar-refractivity contribution in [2.45, 2.75) is 12.8 Å². The number of ether oxygens (including phenoxy) is 1. The summed E-state index contributed by atoms with van der Waals surface area (Å²) in [5, 5.41) is 0. The van der Waals surface area contributed by atoms with Crippen molar-refractivity contribution < 1.29 is 18.3 Å². The summed E-state index contributed by atoms with van der Waals surface area (Å²) in [5.74, 6) is -0.546. The van der Waals surface area contributed by atoms with Crippen LogP contribution in [0.4, 0.5) is 20.3 Å². The Morgan fingerprint density at radius 1 is 1.00 bits per heavy atom. The average Bonchev–Trinajstić information content (AvgIpc) is 2.83. The first-order valence-corrected chi connectivity index (χ1v) is 10.3. The molecule has 7 heteroatoms. The van der Waals surface area contributed by atoms with Crippen LogP contribution in [0.5, 0.6) is 0 Å². The fourth-order valence-electron chi connectivity index (χ4n) is 4.08. The maximum Gasteiger partial charge on any atom is 0.337 e. The standard InChI is InChI=1S/C25H19F2N3O2/c1-32-25(31)16-9-12-20-21(14-16)29-24(23(28-20)15-7-10-17(26)11-8-15)30-13-3-4-18-19(27)5-2-6-22(18)30/h2,5-12,14H,3-4,13H2,1H3. The van der Waals surface area contributed by atoms with Gasteiger partial charge in [-0.1, -0.05) is 6.07 Å². The van der Waals surface area contributed by atoms with E-state index in [1.165, 1.54) is 25.3 Å². The van der Waals surface area contributed by atoms with Crippen molar-refractivity contribution in [3.8, 4) is 11.3 Å². The number of rotatable bonds is 3. The highest BCUT2D eigenvalue weighted by Gasteiger charge is 2.25. The summed E-state index contributed by atoms with van der Waals surface area (Å²) in [7, 11) is 1.32. The molecule has 1 aromatic heterocycles. The predicted molar refractivity (Wildman–Crippen MR) is 118 cm³/mol. The van der Waals surface area contributed by atoms with Crippen LogP contribution in [0.3, 0.4) is 0 Å². The third-order valence-corrected chi connectivity index (χ3v) is 5.63. The van der Waals surface area contributed by atoms with Crippen LogP contribution < -0.4 is 4.90 Å². The van der Waals surface area contributed by atoms with Gasteiger partial charge in [-0.2, -0.15) is 0 Å². The van der Waals surface area contributed by atoms with E-state index in [9.17, 15) is 13.6 Å². The van der Waals surface area contributed by atoms with Crippen molar-refractivity contribution in [1.82, 2.24) is 9.97 Å². The van der Waals surface area contributed by atoms with Gasteiger partial charge in [-0.15, -0.1) is 0 Å². The van der Waals surface area contributed by atoms with Gasteiger partial charge in [-0.25, -0.2) is 23.5 Å². The summed E-state index contributed by atoms with van der Waals surface area (Å²) in [4.78, 5) is 23.6. The molecule has 5 nitrogen and oxygen atoms in total. The van der Waals surface area contributed by atoms with Crippen LogP contribution in [0.1, 0.15) is 22.3 Å². The molecule has 1 aliphatic heterocycles. The van der Waals surface area contributed by atoms with Crippen LogP contribution >= 0.6 is 0 Å². The van der Waals surface area contributed by atoms with Crippen LogP contribution in [0, 0.1) is 11.6 Å². The lowest BCUT2D eigenvalue weighted by atomic mass is 10.00. The van der Waals surface area contributed by atoms with Crippen LogP contribution in [0.25, 0.3) is 22.3 Å². The summed E-state index contributed by atoms with van der Waals surface area (Å²) in [6, 6.07) is 16.0. The zero-order valence-electron chi connectivity index (χ0n) is 17.3. The maximum atomic E-state index is 14.5. The molecule has 0 amide bonds. The second kappa shape index (κ2) is 8.00. The molecule has 0 fully saturated rings. The monoisotopic (exact) mass is 431 g/mol. The smallest absolute Gasteiger partial charge is 0.337 e. The number of fused-ring (bicyclic) bond motifs is 2. The van der Waals surface area contributed by atoms with Gasteiger partial charge < -0.3 is 9.64 Å². The third-order valence-electron chi connectivity index (χ3n) is 5.63. The lowest BCUT2D eigenvalue weighted by Gasteiger charge is -2.31. The van der Waals surface area contributed by atoms with E-state index in [1.807, 2.05) is 11.0 Å². The van der Waals surface area contributed by atoms with E-state index in [-0.39, 0.29) is 11.6 Å². The van der Waals surface area contributed by atoms with E-state index in [4.69, 9.17) is 14.7 Å². The van der Waals surface area contributed by atoms with Gasteiger partial charge in [0.15, 0.2) is 5.82 Å². The molecule has 0 bridgehead atoms. The minimum Gasteiger partial charge on any atom is -0.465 e. The number of hydrogen-bond donors (Lipinski definition) is 0. The number of nitrogens with zero attached hydrogens (tertiary/aromatic N) is 3. The van der Waals surface area contributed by atoms with Gasteiger partial charge in [0.25, 0.3) is 0 Å². The van der Waals surface area contributed by atoms with Crippen LogP contribution in [0.2, 0.25) is 0 Å². The number of carbonyl (C=O) groups is 1. The summed E-state index contributed by atoms with van der Waals surface area (Å²) in [6.45, 7) is 0.627. The van der Waals surface area contributed by atoms with Crippen LogP contribution in [-0.4, -0.2) is 29.6 Å². The molecule has 32 heavy (non-hydrogen) atoms. The second-order valence-corrected chi connectivity index (χ2v) is 7.59. The van der Waals surface area contributed by atoms with Crippen LogP contribution in [0.15, 0.2) is 60.7 Å². The summed E-state index contributed by atoms with van der Waals surface area (Å²) >= 11 is 0. The number of methoxy groups -OCH3 is 1. The molecule has 0 saturated carbocycles. The molecule has 0 radical (unpaired) electrons. The van der Waals surface area contributed by atoms with Crippen molar-refractivity contribution in [1.29, 1.82) is 0 Å². The fraction of sp³-hybridized carbons (Fsp3) is 0.160. The molecule has 5 rings (SSSR count). The van der Waals surface area contributed by atoms with Crippen molar-refractivity contribution in [3.05, 3.63) is 83.4 Å². The normalized spacial score (nSPS) is 13.2. The summed E-state index contributed by atoms with van der Waals surface area (Å²) in [6.07, 6.45) is 1.39. The number of anilines is 2. The molecular formula is C25H19F2N3O2. The van der Waals surface area contributed by atoms with Crippen molar-refractivity contribution >= 4 is 28.5 Å². The highest BCUT2D eigenvalue weighted by Crippen LogP contribution is 2.39. The van der Waals surface area contributed by atoms with Crippen molar-refractivity contribution in [2.24, 2.45) is 0 Å². The number of esters is 1. The SMILES string of the molecule is COC(=O)c1ccc2nc(-c3ccc(F)cc3)c(N3CCCc4c(F)cccc43)nc2c1. The van der Waals surface area contributed by atoms with Crippen LogP contribution in [-0.2, 0) is 11.2 Å². The highest BCUT2D eigenvalue weighted by molar-refractivity contribution is 5.95. The van der Waals surface area contributed by atoms with Gasteiger partial charge in [-0.05, 0) is 67.4 Å². The molecule has 160 valence electrons. The topological polar surface area (TPSA) is 55.3 Å². The first-order valence-electron chi connectivity index (χ1n) is 10.3. The van der Waals surface area contributed by atoms with E-state index in [0.717, 1.165) is 12.1 Å². The molecule has 1 aliphatic rings. The van der Waals surface area contributed by atoms with E-state index < -0.39 is 5.97 Å². The number of carbonyl (C=O) groups excluding carboxylic acids is 1. The zero-order valence-corrected chi connectivity index (χ0v) is 17.3. The number of aromatic nitrogens is 2. The number of benzene rings is 3. The average molecular weight is 431 g/mol. The minimum absolute atomic E-state index is 0.253. The van der Waals surface area contributed by atoms with Crippen molar-refractivity contribution in [2.75, 3.05) is 18.6 Å². The molecule has 0 N–H and O–H groups in total. The van der Waals surface area contributed by atoms with Gasteiger partial charge >= 0.3 is 5.97 Å². The molecule has 0 atom stereocenters. The first kappa shape index (κ1) is 20.1. The Balaban J connectivity index is 1.75. The lowest BCUT2D eigenvalue weighted by molar-refractivity contribution is 0.0601. The van der Waals surface area contributed by atoms with Gasteiger partial charge in [0, 0.05) is 23.4 Å². The molecule has 2 heterocycles. The predicted octanol–water partition coefficient (Wildman–Crippen LogP) is 5.45. The Kier molecular flexibility index (Phi) is 5.01. The number of hydrogen-bond acceptors (Lipinski definition) is 5. The largest absolute Gasteiger partial charge is 0.465 e. The first-order chi connectivity index (χ1) is 15.5. The number of halogens is 2. The zero-order chi connectivity index (χ0) is 22.2. The third kappa shape index (κ3) is 3.45. The van der Waals surface area contributed by atoms with Crippen molar-refractivity contribution in [3.63, 3.8) is 0 Å². The van der Waals surface area contributed by atoms with E-state index in [1.54, 1.807) is 36.4 Å². The molecule has 0 unspecified atom stereocenters. The Morgan fingerprint density at radius 3 is 2.59 bits per heavy atom. The van der Waals surface area contributed by atoms with Gasteiger partial charge in [0.05, 0.1) is 23.7 Å².